The van der Waals surface area contributed by atoms with Crippen molar-refractivity contribution in [1.82, 2.24) is 10.3 Å². The van der Waals surface area contributed by atoms with Gasteiger partial charge in [0.2, 0.25) is 5.88 Å². The van der Waals surface area contributed by atoms with Crippen molar-refractivity contribution >= 4 is 11.7 Å². The SMILES string of the molecule is COCCOc1ccc(NC(=O)NC[C@H]2CCO[C@@H](C)C2)cn1. The van der Waals surface area contributed by atoms with E-state index in [0.29, 0.717) is 37.2 Å². The zero-order valence-corrected chi connectivity index (χ0v) is 13.7. The van der Waals surface area contributed by atoms with Crippen molar-refractivity contribution in [2.45, 2.75) is 25.9 Å². The number of amides is 2. The van der Waals surface area contributed by atoms with Crippen LogP contribution < -0.4 is 15.4 Å². The van der Waals surface area contributed by atoms with E-state index in [4.69, 9.17) is 14.2 Å². The molecule has 1 aromatic heterocycles. The first-order valence-corrected chi connectivity index (χ1v) is 7.91. The average molecular weight is 323 g/mol. The monoisotopic (exact) mass is 323 g/mol. The standard InChI is InChI=1S/C16H25N3O4/c1-12-9-13(5-6-22-12)10-18-16(20)19-14-3-4-15(17-11-14)23-8-7-21-2/h3-4,11-13H,5-10H2,1-2H3,(H2,18,19,20)/t12-,13-/m0/s1. The number of anilines is 1. The number of carbonyl (C=O) groups is 1. The van der Waals surface area contributed by atoms with Crippen molar-refractivity contribution in [1.29, 1.82) is 0 Å². The zero-order chi connectivity index (χ0) is 16.5. The fraction of sp³-hybridized carbons (Fsp3) is 0.625. The first-order chi connectivity index (χ1) is 11.2. The number of methoxy groups -OCH3 is 1. The first kappa shape index (κ1) is 17.5. The summed E-state index contributed by atoms with van der Waals surface area (Å²) in [6.07, 6.45) is 3.81. The van der Waals surface area contributed by atoms with Crippen LogP contribution in [0.3, 0.4) is 0 Å². The molecular weight excluding hydrogens is 298 g/mol. The number of pyridine rings is 1. The predicted molar refractivity (Wildman–Crippen MR) is 86.8 cm³/mol. The van der Waals surface area contributed by atoms with Crippen molar-refractivity contribution in [2.24, 2.45) is 5.92 Å². The van der Waals surface area contributed by atoms with Gasteiger partial charge in [-0.15, -0.1) is 0 Å². The molecule has 0 saturated carbocycles. The number of nitrogens with one attached hydrogen (secondary N) is 2. The lowest BCUT2D eigenvalue weighted by atomic mass is 9.96. The van der Waals surface area contributed by atoms with Gasteiger partial charge < -0.3 is 24.8 Å². The highest BCUT2D eigenvalue weighted by Gasteiger charge is 2.19. The molecule has 0 aliphatic carbocycles. The van der Waals surface area contributed by atoms with Crippen LogP contribution in [0.25, 0.3) is 0 Å². The highest BCUT2D eigenvalue weighted by molar-refractivity contribution is 5.88. The lowest BCUT2D eigenvalue weighted by Crippen LogP contribution is -2.36. The van der Waals surface area contributed by atoms with Gasteiger partial charge in [0.25, 0.3) is 0 Å². The Hall–Kier alpha value is -1.86. The van der Waals surface area contributed by atoms with Crippen LogP contribution in [-0.2, 0) is 9.47 Å². The summed E-state index contributed by atoms with van der Waals surface area (Å²) in [5, 5.41) is 5.66. The Labute approximate surface area is 136 Å². The van der Waals surface area contributed by atoms with Gasteiger partial charge in [-0.1, -0.05) is 0 Å². The lowest BCUT2D eigenvalue weighted by molar-refractivity contribution is 0.00354. The fourth-order valence-corrected chi connectivity index (χ4v) is 2.46. The van der Waals surface area contributed by atoms with Crippen LogP contribution in [-0.4, -0.2) is 50.6 Å². The highest BCUT2D eigenvalue weighted by Crippen LogP contribution is 2.19. The molecule has 2 atom stereocenters. The summed E-state index contributed by atoms with van der Waals surface area (Å²) in [5.74, 6) is 0.975. The van der Waals surface area contributed by atoms with E-state index in [1.54, 1.807) is 25.4 Å². The third-order valence-electron chi connectivity index (χ3n) is 3.68. The molecular formula is C16H25N3O4. The zero-order valence-electron chi connectivity index (χ0n) is 13.7. The van der Waals surface area contributed by atoms with Crippen LogP contribution in [0.2, 0.25) is 0 Å². The van der Waals surface area contributed by atoms with Crippen molar-refractivity contribution in [3.63, 3.8) is 0 Å². The van der Waals surface area contributed by atoms with Gasteiger partial charge in [-0.05, 0) is 31.7 Å². The molecule has 1 aliphatic rings. The van der Waals surface area contributed by atoms with Gasteiger partial charge in [0, 0.05) is 26.3 Å². The van der Waals surface area contributed by atoms with Crippen molar-refractivity contribution in [3.05, 3.63) is 18.3 Å². The Morgan fingerprint density at radius 2 is 2.30 bits per heavy atom. The molecule has 2 N–H and O–H groups in total. The fourth-order valence-electron chi connectivity index (χ4n) is 2.46. The molecule has 1 saturated heterocycles. The van der Waals surface area contributed by atoms with E-state index in [9.17, 15) is 4.79 Å². The summed E-state index contributed by atoms with van der Waals surface area (Å²) in [4.78, 5) is 16.0. The molecule has 23 heavy (non-hydrogen) atoms. The molecule has 2 rings (SSSR count). The highest BCUT2D eigenvalue weighted by atomic mass is 16.5. The molecule has 0 aromatic carbocycles. The number of carbonyl (C=O) groups excluding carboxylic acids is 1. The molecule has 1 aromatic rings. The molecule has 1 aliphatic heterocycles. The van der Waals surface area contributed by atoms with Crippen LogP contribution in [0.1, 0.15) is 19.8 Å². The minimum absolute atomic E-state index is 0.223. The summed E-state index contributed by atoms with van der Waals surface area (Å²) < 4.78 is 15.8. The lowest BCUT2D eigenvalue weighted by Gasteiger charge is -2.27. The summed E-state index contributed by atoms with van der Waals surface area (Å²) in [6, 6.07) is 3.25. The third kappa shape index (κ3) is 6.42. The maximum absolute atomic E-state index is 11.9. The molecule has 0 unspecified atom stereocenters. The second-order valence-electron chi connectivity index (χ2n) is 5.63. The number of hydrogen-bond acceptors (Lipinski definition) is 5. The Balaban J connectivity index is 1.70. The molecule has 0 bridgehead atoms. The van der Waals surface area contributed by atoms with E-state index in [0.717, 1.165) is 19.4 Å². The normalized spacial score (nSPS) is 20.8. The summed E-state index contributed by atoms with van der Waals surface area (Å²) in [7, 11) is 1.61. The van der Waals surface area contributed by atoms with E-state index >= 15 is 0 Å². The van der Waals surface area contributed by atoms with Crippen molar-refractivity contribution in [2.75, 3.05) is 38.8 Å². The van der Waals surface area contributed by atoms with E-state index in [2.05, 4.69) is 22.5 Å². The largest absolute Gasteiger partial charge is 0.475 e. The van der Waals surface area contributed by atoms with Gasteiger partial charge in [0.05, 0.1) is 24.6 Å². The van der Waals surface area contributed by atoms with E-state index in [1.165, 1.54) is 0 Å². The second kappa shape index (κ2) is 9.32. The second-order valence-corrected chi connectivity index (χ2v) is 5.63. The molecule has 2 amide bonds. The van der Waals surface area contributed by atoms with E-state index in [-0.39, 0.29) is 12.1 Å². The molecule has 0 radical (unpaired) electrons. The summed E-state index contributed by atoms with van der Waals surface area (Å²) >= 11 is 0. The Morgan fingerprint density at radius 3 is 3.00 bits per heavy atom. The Kier molecular flexibility index (Phi) is 7.09. The molecule has 7 nitrogen and oxygen atoms in total. The van der Waals surface area contributed by atoms with E-state index < -0.39 is 0 Å². The Morgan fingerprint density at radius 1 is 1.43 bits per heavy atom. The van der Waals surface area contributed by atoms with Gasteiger partial charge in [0.15, 0.2) is 0 Å². The first-order valence-electron chi connectivity index (χ1n) is 7.91. The molecule has 128 valence electrons. The average Bonchev–Trinajstić information content (AvgIpc) is 2.55. The summed E-state index contributed by atoms with van der Waals surface area (Å²) in [5.41, 5.74) is 0.627. The molecule has 2 heterocycles. The summed E-state index contributed by atoms with van der Waals surface area (Å²) in [6.45, 7) is 4.44. The number of hydrogen-bond donors (Lipinski definition) is 2. The van der Waals surface area contributed by atoms with Crippen LogP contribution in [0.15, 0.2) is 18.3 Å². The molecule has 1 fully saturated rings. The van der Waals surface area contributed by atoms with Gasteiger partial charge in [-0.3, -0.25) is 0 Å². The van der Waals surface area contributed by atoms with Gasteiger partial charge >= 0.3 is 6.03 Å². The topological polar surface area (TPSA) is 81.7 Å². The van der Waals surface area contributed by atoms with Crippen LogP contribution >= 0.6 is 0 Å². The van der Waals surface area contributed by atoms with Gasteiger partial charge in [0.1, 0.15) is 6.61 Å². The third-order valence-corrected chi connectivity index (χ3v) is 3.68. The van der Waals surface area contributed by atoms with Crippen molar-refractivity contribution in [3.8, 4) is 5.88 Å². The van der Waals surface area contributed by atoms with E-state index in [1.807, 2.05) is 0 Å². The minimum Gasteiger partial charge on any atom is -0.475 e. The number of rotatable bonds is 7. The quantitative estimate of drug-likeness (QED) is 0.751. The number of aromatic nitrogens is 1. The Bertz CT molecular complexity index is 481. The maximum atomic E-state index is 11.9. The molecule has 0 spiro atoms. The van der Waals surface area contributed by atoms with Crippen LogP contribution in [0.4, 0.5) is 10.5 Å². The predicted octanol–water partition coefficient (Wildman–Crippen LogP) is 2.04. The van der Waals surface area contributed by atoms with Crippen molar-refractivity contribution < 1.29 is 19.0 Å². The number of ether oxygens (including phenoxy) is 3. The number of urea groups is 1. The maximum Gasteiger partial charge on any atom is 0.319 e. The smallest absolute Gasteiger partial charge is 0.319 e. The minimum atomic E-state index is -0.223. The van der Waals surface area contributed by atoms with Gasteiger partial charge in [-0.25, -0.2) is 9.78 Å². The van der Waals surface area contributed by atoms with Crippen LogP contribution in [0.5, 0.6) is 5.88 Å². The van der Waals surface area contributed by atoms with Gasteiger partial charge in [-0.2, -0.15) is 0 Å². The van der Waals surface area contributed by atoms with Crippen LogP contribution in [0, 0.1) is 5.92 Å². The molecule has 7 heteroatoms. The number of nitrogens with zero attached hydrogens (tertiary/aromatic N) is 1.